The summed E-state index contributed by atoms with van der Waals surface area (Å²) in [5.41, 5.74) is 16.3. The molecule has 4 N–H and O–H groups in total. The van der Waals surface area contributed by atoms with E-state index in [0.717, 1.165) is 28.2 Å². The molecule has 2 heterocycles. The highest BCUT2D eigenvalue weighted by atomic mass is 128. The third-order valence-corrected chi connectivity index (χ3v) is 3.77. The van der Waals surface area contributed by atoms with Crippen molar-refractivity contribution in [2.24, 2.45) is 5.73 Å². The molecular weight excluding hydrogens is 681 g/mol. The number of nitrogens with two attached hydrogens (primary N) is 2. The minimum Gasteiger partial charge on any atom is -0.397 e. The van der Waals surface area contributed by atoms with Gasteiger partial charge in [0.05, 0.1) is 22.6 Å². The van der Waals surface area contributed by atoms with Gasteiger partial charge in [-0.3, -0.25) is 14.8 Å². The quantitative estimate of drug-likeness (QED) is 0.377. The van der Waals surface area contributed by atoms with Crippen molar-refractivity contribution in [2.45, 2.75) is 53.4 Å². The normalized spacial score (nSPS) is 9.56. The van der Waals surface area contributed by atoms with Crippen LogP contribution in [-0.4, -0.2) is 15.9 Å². The predicted octanol–water partition coefficient (Wildman–Crippen LogP) is 6.10. The van der Waals surface area contributed by atoms with Crippen molar-refractivity contribution in [3.05, 3.63) is 52.6 Å². The summed E-state index contributed by atoms with van der Waals surface area (Å²) in [6.45, 7) is 12.1. The van der Waals surface area contributed by atoms with Gasteiger partial charge >= 0.3 is 0 Å². The van der Waals surface area contributed by atoms with Crippen LogP contribution in [0, 0.1) is 13.8 Å². The van der Waals surface area contributed by atoms with E-state index in [9.17, 15) is 4.79 Å². The number of carbonyl (C=O) groups is 1. The van der Waals surface area contributed by atoms with Crippen LogP contribution in [0.1, 0.15) is 72.4 Å². The standard InChI is InChI=1S/C10H14N2O.C9H14N2.I2.HI/c1-6(2)9-8(10(11)13)7(3)4-5-12-9;1-6(2)9-8(10)7(3)4-5-11-9;1-2;/h4-6H,1-3H3,(H2,11,13);4-6H,10H2,1-3H3;;1H. The average Bonchev–Trinajstić information content (AvgIpc) is 2.58. The number of aryl methyl sites for hydroxylation is 2. The number of nitrogen functional groups attached to an aromatic ring is 1. The van der Waals surface area contributed by atoms with Crippen LogP contribution in [0.3, 0.4) is 0 Å². The zero-order chi connectivity index (χ0) is 20.4. The fourth-order valence-electron chi connectivity index (χ4n) is 2.39. The lowest BCUT2D eigenvalue weighted by atomic mass is 9.99. The Morgan fingerprint density at radius 2 is 1.33 bits per heavy atom. The molecule has 8 heteroatoms. The largest absolute Gasteiger partial charge is 0.397 e. The van der Waals surface area contributed by atoms with Crippen LogP contribution >= 0.6 is 61.2 Å². The topological polar surface area (TPSA) is 94.9 Å². The van der Waals surface area contributed by atoms with E-state index in [2.05, 4.69) is 61.0 Å². The van der Waals surface area contributed by atoms with Gasteiger partial charge in [0.2, 0.25) is 0 Å². The first-order valence-electron chi connectivity index (χ1n) is 8.27. The maximum Gasteiger partial charge on any atom is 0.250 e. The lowest BCUT2D eigenvalue weighted by Crippen LogP contribution is -2.17. The Bertz CT molecular complexity index is 722. The van der Waals surface area contributed by atoms with Crippen LogP contribution in [0.2, 0.25) is 0 Å². The summed E-state index contributed by atoms with van der Waals surface area (Å²) in [5, 5.41) is 0. The van der Waals surface area contributed by atoms with Gasteiger partial charge in [-0.2, -0.15) is 0 Å². The molecule has 5 nitrogen and oxygen atoms in total. The summed E-state index contributed by atoms with van der Waals surface area (Å²) in [6, 6.07) is 3.73. The SMILES string of the molecule is Cc1ccnc(C(C)C)c1C(N)=O.Cc1ccnc(C(C)C)c1N.I.II. The van der Waals surface area contributed by atoms with Crippen molar-refractivity contribution in [3.63, 3.8) is 0 Å². The molecule has 0 unspecified atom stereocenters. The van der Waals surface area contributed by atoms with Crippen molar-refractivity contribution >= 4 is 72.8 Å². The van der Waals surface area contributed by atoms with Crippen LogP contribution in [0.5, 0.6) is 0 Å². The van der Waals surface area contributed by atoms with E-state index < -0.39 is 5.91 Å². The molecule has 0 aliphatic rings. The van der Waals surface area contributed by atoms with Gasteiger partial charge in [-0.15, -0.1) is 24.0 Å². The van der Waals surface area contributed by atoms with E-state index in [0.29, 0.717) is 11.5 Å². The van der Waals surface area contributed by atoms with E-state index >= 15 is 0 Å². The van der Waals surface area contributed by atoms with E-state index in [1.165, 1.54) is 0 Å². The van der Waals surface area contributed by atoms with Crippen LogP contribution in [0.4, 0.5) is 5.69 Å². The van der Waals surface area contributed by atoms with Crippen LogP contribution in [-0.2, 0) is 0 Å². The first-order chi connectivity index (χ1) is 12.2. The molecular formula is C19H29I3N4O. The second kappa shape index (κ2) is 14.7. The molecule has 0 aliphatic carbocycles. The Labute approximate surface area is 203 Å². The van der Waals surface area contributed by atoms with E-state index in [4.69, 9.17) is 11.5 Å². The highest BCUT2D eigenvalue weighted by Crippen LogP contribution is 2.21. The molecule has 2 rings (SSSR count). The van der Waals surface area contributed by atoms with E-state index in [1.54, 1.807) is 18.5 Å². The first-order valence-corrected chi connectivity index (χ1v) is 14.6. The average molecular weight is 710 g/mol. The van der Waals surface area contributed by atoms with Crippen molar-refractivity contribution < 1.29 is 4.79 Å². The summed E-state index contributed by atoms with van der Waals surface area (Å²) >= 11 is 4.24. The van der Waals surface area contributed by atoms with Crippen molar-refractivity contribution in [1.29, 1.82) is 0 Å². The molecule has 0 atom stereocenters. The highest BCUT2D eigenvalue weighted by Gasteiger charge is 2.14. The molecule has 0 saturated carbocycles. The van der Waals surface area contributed by atoms with Crippen molar-refractivity contribution in [2.75, 3.05) is 5.73 Å². The van der Waals surface area contributed by atoms with Gasteiger partial charge in [-0.05, 0) is 48.9 Å². The number of amides is 1. The third-order valence-electron chi connectivity index (χ3n) is 3.77. The molecule has 0 aliphatic heterocycles. The van der Waals surface area contributed by atoms with Gasteiger partial charge in [0, 0.05) is 49.6 Å². The molecule has 152 valence electrons. The summed E-state index contributed by atoms with van der Waals surface area (Å²) < 4.78 is 0. The number of carbonyl (C=O) groups excluding carboxylic acids is 1. The van der Waals surface area contributed by atoms with Crippen LogP contribution in [0.15, 0.2) is 24.5 Å². The summed E-state index contributed by atoms with van der Waals surface area (Å²) in [4.78, 5) is 19.5. The zero-order valence-electron chi connectivity index (χ0n) is 16.6. The first kappa shape index (κ1) is 29.0. The minimum absolute atomic E-state index is 0. The lowest BCUT2D eigenvalue weighted by molar-refractivity contribution is 0.0998. The molecule has 0 radical (unpaired) electrons. The number of nitrogens with zero attached hydrogens (tertiary/aromatic N) is 2. The molecule has 27 heavy (non-hydrogen) atoms. The van der Waals surface area contributed by atoms with Crippen LogP contribution in [0.25, 0.3) is 0 Å². The summed E-state index contributed by atoms with van der Waals surface area (Å²) in [6.07, 6.45) is 3.51. The smallest absolute Gasteiger partial charge is 0.250 e. The Morgan fingerprint density at radius 1 is 0.926 bits per heavy atom. The van der Waals surface area contributed by atoms with Gasteiger partial charge in [0.15, 0.2) is 0 Å². The number of rotatable bonds is 3. The molecule has 1 amide bonds. The Hall–Kier alpha value is -0.240. The second-order valence-electron chi connectivity index (χ2n) is 6.49. The summed E-state index contributed by atoms with van der Waals surface area (Å²) in [5.74, 6) is 0.242. The van der Waals surface area contributed by atoms with Gasteiger partial charge in [0.25, 0.3) is 5.91 Å². The Kier molecular flexibility index (Phi) is 15.8. The number of hydrogen-bond acceptors (Lipinski definition) is 4. The molecule has 0 fully saturated rings. The third kappa shape index (κ3) is 9.20. The van der Waals surface area contributed by atoms with Crippen LogP contribution < -0.4 is 11.5 Å². The Morgan fingerprint density at radius 3 is 1.67 bits per heavy atom. The zero-order valence-corrected chi connectivity index (χ0v) is 23.2. The maximum atomic E-state index is 11.1. The number of primary amides is 1. The number of pyridine rings is 2. The fraction of sp³-hybridized carbons (Fsp3) is 0.421. The maximum absolute atomic E-state index is 11.1. The number of anilines is 1. The van der Waals surface area contributed by atoms with E-state index in [1.807, 2.05) is 33.8 Å². The van der Waals surface area contributed by atoms with Gasteiger partial charge in [0.1, 0.15) is 0 Å². The van der Waals surface area contributed by atoms with Gasteiger partial charge < -0.3 is 11.5 Å². The van der Waals surface area contributed by atoms with Gasteiger partial charge in [-0.1, -0.05) is 27.7 Å². The molecule has 0 saturated heterocycles. The molecule has 0 spiro atoms. The van der Waals surface area contributed by atoms with Crippen molar-refractivity contribution in [3.8, 4) is 0 Å². The fourth-order valence-corrected chi connectivity index (χ4v) is 2.39. The highest BCUT2D eigenvalue weighted by molar-refractivity contribution is 15.0. The molecule has 2 aromatic rings. The Balaban J connectivity index is 0. The molecule has 0 aromatic carbocycles. The summed E-state index contributed by atoms with van der Waals surface area (Å²) in [7, 11) is 0. The number of halogens is 3. The lowest BCUT2D eigenvalue weighted by Gasteiger charge is -2.10. The number of hydrogen-bond donors (Lipinski definition) is 2. The predicted molar refractivity (Wildman–Crippen MR) is 143 cm³/mol. The molecule has 0 bridgehead atoms. The van der Waals surface area contributed by atoms with Crippen molar-refractivity contribution in [1.82, 2.24) is 9.97 Å². The molecule has 2 aromatic heterocycles. The van der Waals surface area contributed by atoms with E-state index in [-0.39, 0.29) is 29.9 Å². The van der Waals surface area contributed by atoms with Gasteiger partial charge in [-0.25, -0.2) is 0 Å². The minimum atomic E-state index is -0.394. The number of aromatic nitrogens is 2. The monoisotopic (exact) mass is 710 g/mol. The second-order valence-corrected chi connectivity index (χ2v) is 6.49.